The molecule has 0 saturated carbocycles. The number of aliphatic hydroxyl groups excluding tert-OH is 1. The van der Waals surface area contributed by atoms with Crippen LogP contribution in [0, 0.1) is 0 Å². The van der Waals surface area contributed by atoms with Gasteiger partial charge in [-0.15, -0.1) is 0 Å². The molecular weight excluding hydrogens is 266 g/mol. The fraction of sp³-hybridized carbons (Fsp3) is 0.500. The first kappa shape index (κ1) is 15.5. The van der Waals surface area contributed by atoms with Crippen LogP contribution in [-0.2, 0) is 24.4 Å². The molecule has 0 fully saturated rings. The van der Waals surface area contributed by atoms with Crippen LogP contribution in [0.2, 0.25) is 0 Å². The van der Waals surface area contributed by atoms with Crippen LogP contribution in [0.1, 0.15) is 38.6 Å². The number of aryl methyl sites for hydroxylation is 1. The average Bonchev–Trinajstić information content (AvgIpc) is 2.83. The number of fused-ring (bicyclic) bond motifs is 1. The molecule has 2 aromatic rings. The van der Waals surface area contributed by atoms with E-state index in [0.717, 1.165) is 23.9 Å². The van der Waals surface area contributed by atoms with Crippen LogP contribution in [0.4, 0.5) is 0 Å². The highest BCUT2D eigenvalue weighted by atomic mass is 16.3. The van der Waals surface area contributed by atoms with Gasteiger partial charge in [0, 0.05) is 6.04 Å². The molecule has 2 rings (SSSR count). The lowest BCUT2D eigenvalue weighted by molar-refractivity contribution is -0.122. The Labute approximate surface area is 125 Å². The maximum absolute atomic E-state index is 12.1. The van der Waals surface area contributed by atoms with E-state index in [4.69, 9.17) is 0 Å². The van der Waals surface area contributed by atoms with E-state index < -0.39 is 0 Å². The number of carbonyl (C=O) groups excluding carboxylic acids is 1. The number of benzene rings is 1. The summed E-state index contributed by atoms with van der Waals surface area (Å²) in [6.45, 7) is 6.10. The molecule has 114 valence electrons. The number of hydrogen-bond donors (Lipinski definition) is 2. The summed E-state index contributed by atoms with van der Waals surface area (Å²) in [5.74, 6) is 0.468. The van der Waals surface area contributed by atoms with Crippen LogP contribution >= 0.6 is 0 Å². The summed E-state index contributed by atoms with van der Waals surface area (Å²) >= 11 is 0. The van der Waals surface area contributed by atoms with Gasteiger partial charge in [0.25, 0.3) is 0 Å². The highest BCUT2D eigenvalue weighted by Gasteiger charge is 2.14. The molecule has 5 heteroatoms. The molecule has 0 aliphatic heterocycles. The van der Waals surface area contributed by atoms with Gasteiger partial charge in [0.2, 0.25) is 5.91 Å². The van der Waals surface area contributed by atoms with Crippen molar-refractivity contribution in [3.63, 3.8) is 0 Å². The third kappa shape index (κ3) is 3.42. The molecule has 1 atom stereocenters. The molecule has 21 heavy (non-hydrogen) atoms. The largest absolute Gasteiger partial charge is 0.388 e. The van der Waals surface area contributed by atoms with E-state index >= 15 is 0 Å². The summed E-state index contributed by atoms with van der Waals surface area (Å²) in [6.07, 6.45) is 1.83. The number of nitrogens with zero attached hydrogens (tertiary/aromatic N) is 2. The molecule has 0 radical (unpaired) electrons. The fourth-order valence-electron chi connectivity index (χ4n) is 2.31. The van der Waals surface area contributed by atoms with E-state index in [1.54, 1.807) is 4.57 Å². The molecule has 0 spiro atoms. The Bertz CT molecular complexity index is 634. The summed E-state index contributed by atoms with van der Waals surface area (Å²) < 4.78 is 1.78. The highest BCUT2D eigenvalue weighted by molar-refractivity contribution is 5.81. The van der Waals surface area contributed by atoms with Crippen LogP contribution in [0.3, 0.4) is 0 Å². The molecule has 1 unspecified atom stereocenters. The van der Waals surface area contributed by atoms with Crippen molar-refractivity contribution in [1.82, 2.24) is 14.9 Å². The van der Waals surface area contributed by atoms with Crippen molar-refractivity contribution in [2.24, 2.45) is 0 Å². The van der Waals surface area contributed by atoms with Gasteiger partial charge in [0.1, 0.15) is 19.0 Å². The molecule has 0 saturated heterocycles. The lowest BCUT2D eigenvalue weighted by Gasteiger charge is -2.13. The zero-order valence-corrected chi connectivity index (χ0v) is 12.9. The average molecular weight is 289 g/mol. The summed E-state index contributed by atoms with van der Waals surface area (Å²) in [5, 5.41) is 12.4. The third-order valence-corrected chi connectivity index (χ3v) is 3.76. The number of nitrogens with one attached hydrogen (secondary N) is 1. The second kappa shape index (κ2) is 6.72. The number of hydrogen-bond acceptors (Lipinski definition) is 3. The first-order valence-electron chi connectivity index (χ1n) is 7.47. The summed E-state index contributed by atoms with van der Waals surface area (Å²) in [7, 11) is 0. The molecule has 2 N–H and O–H groups in total. The molecule has 0 aliphatic carbocycles. The Morgan fingerprint density at radius 2 is 2.19 bits per heavy atom. The first-order chi connectivity index (χ1) is 10.1. The van der Waals surface area contributed by atoms with Gasteiger partial charge >= 0.3 is 0 Å². The quantitative estimate of drug-likeness (QED) is 0.855. The molecule has 1 heterocycles. The van der Waals surface area contributed by atoms with E-state index in [2.05, 4.69) is 17.2 Å². The van der Waals surface area contributed by atoms with E-state index in [0.29, 0.717) is 5.82 Å². The van der Waals surface area contributed by atoms with Crippen molar-refractivity contribution >= 4 is 16.9 Å². The Morgan fingerprint density at radius 3 is 2.81 bits per heavy atom. The predicted molar refractivity (Wildman–Crippen MR) is 82.9 cm³/mol. The number of aliphatic hydroxyl groups is 1. The minimum Gasteiger partial charge on any atom is -0.388 e. The SMILES string of the molecule is CCc1ccc2c(c1)nc(CO)n2CC(=O)NC(C)CC. The van der Waals surface area contributed by atoms with Gasteiger partial charge in [-0.05, 0) is 37.5 Å². The molecule has 0 bridgehead atoms. The zero-order chi connectivity index (χ0) is 15.4. The Kier molecular flexibility index (Phi) is 4.96. The second-order valence-corrected chi connectivity index (χ2v) is 5.33. The molecule has 1 amide bonds. The smallest absolute Gasteiger partial charge is 0.240 e. The zero-order valence-electron chi connectivity index (χ0n) is 12.9. The summed E-state index contributed by atoms with van der Waals surface area (Å²) in [5.41, 5.74) is 2.91. The minimum absolute atomic E-state index is 0.0575. The van der Waals surface area contributed by atoms with Crippen molar-refractivity contribution in [3.05, 3.63) is 29.6 Å². The molecule has 0 aliphatic rings. The van der Waals surface area contributed by atoms with Gasteiger partial charge in [-0.25, -0.2) is 4.98 Å². The van der Waals surface area contributed by atoms with Crippen molar-refractivity contribution in [3.8, 4) is 0 Å². The van der Waals surface area contributed by atoms with E-state index in [1.807, 2.05) is 32.0 Å². The third-order valence-electron chi connectivity index (χ3n) is 3.76. The minimum atomic E-state index is -0.174. The van der Waals surface area contributed by atoms with Gasteiger partial charge in [-0.3, -0.25) is 4.79 Å². The molecule has 1 aromatic carbocycles. The van der Waals surface area contributed by atoms with Crippen LogP contribution in [0.5, 0.6) is 0 Å². The van der Waals surface area contributed by atoms with Gasteiger partial charge in [0.05, 0.1) is 11.0 Å². The van der Waals surface area contributed by atoms with Gasteiger partial charge in [0.15, 0.2) is 0 Å². The van der Waals surface area contributed by atoms with Gasteiger partial charge < -0.3 is 15.0 Å². The van der Waals surface area contributed by atoms with Gasteiger partial charge in [-0.2, -0.15) is 0 Å². The summed E-state index contributed by atoms with van der Waals surface area (Å²) in [6, 6.07) is 6.17. The number of carbonyl (C=O) groups is 1. The Balaban J connectivity index is 2.31. The normalized spacial score (nSPS) is 12.6. The number of imidazole rings is 1. The molecular formula is C16H23N3O2. The summed E-state index contributed by atoms with van der Waals surface area (Å²) in [4.78, 5) is 16.5. The maximum Gasteiger partial charge on any atom is 0.240 e. The lowest BCUT2D eigenvalue weighted by Crippen LogP contribution is -2.34. The van der Waals surface area contributed by atoms with E-state index in [-0.39, 0.29) is 25.1 Å². The topological polar surface area (TPSA) is 67.2 Å². The Hall–Kier alpha value is -1.88. The highest BCUT2D eigenvalue weighted by Crippen LogP contribution is 2.18. The van der Waals surface area contributed by atoms with Crippen LogP contribution < -0.4 is 5.32 Å². The maximum atomic E-state index is 12.1. The van der Waals surface area contributed by atoms with Crippen molar-refractivity contribution in [2.75, 3.05) is 0 Å². The second-order valence-electron chi connectivity index (χ2n) is 5.33. The molecule has 1 aromatic heterocycles. The van der Waals surface area contributed by atoms with Crippen molar-refractivity contribution in [2.45, 2.75) is 52.8 Å². The first-order valence-corrected chi connectivity index (χ1v) is 7.47. The number of amides is 1. The number of rotatable bonds is 6. The van der Waals surface area contributed by atoms with E-state index in [9.17, 15) is 9.90 Å². The van der Waals surface area contributed by atoms with Crippen LogP contribution in [-0.4, -0.2) is 26.6 Å². The van der Waals surface area contributed by atoms with E-state index in [1.165, 1.54) is 5.56 Å². The predicted octanol–water partition coefficient (Wildman–Crippen LogP) is 2.01. The van der Waals surface area contributed by atoms with Crippen molar-refractivity contribution < 1.29 is 9.90 Å². The van der Waals surface area contributed by atoms with Crippen LogP contribution in [0.25, 0.3) is 11.0 Å². The standard InChI is InChI=1S/C16H23N3O2/c1-4-11(3)17-16(21)9-19-14-7-6-12(5-2)8-13(14)18-15(19)10-20/h6-8,11,20H,4-5,9-10H2,1-3H3,(H,17,21). The molecule has 5 nitrogen and oxygen atoms in total. The lowest BCUT2D eigenvalue weighted by atomic mass is 10.1. The Morgan fingerprint density at radius 1 is 1.43 bits per heavy atom. The van der Waals surface area contributed by atoms with Crippen LogP contribution in [0.15, 0.2) is 18.2 Å². The van der Waals surface area contributed by atoms with Crippen molar-refractivity contribution in [1.29, 1.82) is 0 Å². The fourth-order valence-corrected chi connectivity index (χ4v) is 2.31. The monoisotopic (exact) mass is 289 g/mol. The number of aromatic nitrogens is 2. The van der Waals surface area contributed by atoms with Gasteiger partial charge in [-0.1, -0.05) is 19.9 Å².